The molecule has 0 radical (unpaired) electrons. The van der Waals surface area contributed by atoms with Gasteiger partial charge >= 0.3 is 0 Å². The van der Waals surface area contributed by atoms with Crippen molar-refractivity contribution in [1.29, 1.82) is 0 Å². The molecule has 1 heterocycles. The van der Waals surface area contributed by atoms with Gasteiger partial charge in [-0.3, -0.25) is 0 Å². The molecule has 0 saturated heterocycles. The van der Waals surface area contributed by atoms with Crippen molar-refractivity contribution in [2.45, 2.75) is 11.4 Å². The van der Waals surface area contributed by atoms with E-state index in [0.717, 1.165) is 0 Å². The molecule has 2 N–H and O–H groups in total. The number of anilines is 1. The van der Waals surface area contributed by atoms with Crippen LogP contribution in [0.3, 0.4) is 0 Å². The first-order valence-corrected chi connectivity index (χ1v) is 7.61. The van der Waals surface area contributed by atoms with Crippen LogP contribution >= 0.6 is 11.6 Å². The van der Waals surface area contributed by atoms with Crippen LogP contribution in [0.25, 0.3) is 0 Å². The van der Waals surface area contributed by atoms with E-state index in [-0.39, 0.29) is 17.1 Å². The van der Waals surface area contributed by atoms with Gasteiger partial charge in [0.15, 0.2) is 0 Å². The van der Waals surface area contributed by atoms with Crippen molar-refractivity contribution in [3.05, 3.63) is 41.4 Å². The average Bonchev–Trinajstić information content (AvgIpc) is 2.74. The molecule has 20 heavy (non-hydrogen) atoms. The molecule has 6 nitrogen and oxygen atoms in total. The van der Waals surface area contributed by atoms with Crippen LogP contribution in [0.2, 0.25) is 5.02 Å². The van der Waals surface area contributed by atoms with Crippen molar-refractivity contribution in [1.82, 2.24) is 13.9 Å². The van der Waals surface area contributed by atoms with E-state index in [2.05, 4.69) is 4.98 Å². The van der Waals surface area contributed by atoms with Crippen molar-refractivity contribution >= 4 is 27.3 Å². The number of nitrogens with two attached hydrogens (primary N) is 1. The molecule has 2 rings (SSSR count). The number of nitrogens with zero attached hydrogens (tertiary/aromatic N) is 3. The zero-order valence-electron chi connectivity index (χ0n) is 11.1. The van der Waals surface area contributed by atoms with Gasteiger partial charge in [0.2, 0.25) is 10.0 Å². The van der Waals surface area contributed by atoms with Crippen molar-refractivity contribution < 1.29 is 8.42 Å². The Kier molecular flexibility index (Phi) is 4.03. The molecule has 0 bridgehead atoms. The molecule has 0 saturated carbocycles. The Hall–Kier alpha value is -1.57. The first-order chi connectivity index (χ1) is 9.32. The Morgan fingerprint density at radius 3 is 2.70 bits per heavy atom. The molecule has 0 atom stereocenters. The second kappa shape index (κ2) is 5.43. The summed E-state index contributed by atoms with van der Waals surface area (Å²) >= 11 is 5.78. The van der Waals surface area contributed by atoms with Crippen LogP contribution in [0.4, 0.5) is 5.69 Å². The van der Waals surface area contributed by atoms with Gasteiger partial charge in [-0.05, 0) is 18.2 Å². The molecule has 0 amide bonds. The van der Waals surface area contributed by atoms with Gasteiger partial charge in [-0.25, -0.2) is 13.4 Å². The highest BCUT2D eigenvalue weighted by Crippen LogP contribution is 2.25. The number of imidazole rings is 1. The number of hydrogen-bond donors (Lipinski definition) is 1. The van der Waals surface area contributed by atoms with Crippen molar-refractivity contribution in [2.24, 2.45) is 7.05 Å². The topological polar surface area (TPSA) is 81.2 Å². The summed E-state index contributed by atoms with van der Waals surface area (Å²) in [7, 11) is -0.394. The number of aryl methyl sites for hydroxylation is 1. The van der Waals surface area contributed by atoms with E-state index >= 15 is 0 Å². The van der Waals surface area contributed by atoms with Gasteiger partial charge in [0.05, 0.1) is 12.2 Å². The molecular formula is C12H15ClN4O2S. The SMILES string of the molecule is CN(Cc1nccn1C)S(=O)(=O)c1ccc(Cl)cc1N. The summed E-state index contributed by atoms with van der Waals surface area (Å²) in [5, 5.41) is 0.396. The van der Waals surface area contributed by atoms with Crippen molar-refractivity contribution in [3.8, 4) is 0 Å². The van der Waals surface area contributed by atoms with E-state index in [9.17, 15) is 8.42 Å². The Morgan fingerprint density at radius 1 is 1.45 bits per heavy atom. The summed E-state index contributed by atoms with van der Waals surface area (Å²) in [6.45, 7) is 0.161. The molecule has 0 fully saturated rings. The average molecular weight is 315 g/mol. The van der Waals surface area contributed by atoms with E-state index in [1.807, 2.05) is 0 Å². The molecule has 2 aromatic rings. The van der Waals surface area contributed by atoms with Crippen molar-refractivity contribution in [3.63, 3.8) is 0 Å². The number of halogens is 1. The first kappa shape index (κ1) is 14.8. The minimum atomic E-state index is -3.68. The summed E-state index contributed by atoms with van der Waals surface area (Å²) in [6, 6.07) is 4.32. The van der Waals surface area contributed by atoms with Gasteiger partial charge in [-0.15, -0.1) is 0 Å². The Bertz CT molecular complexity index is 727. The fourth-order valence-electron chi connectivity index (χ4n) is 1.76. The first-order valence-electron chi connectivity index (χ1n) is 5.80. The summed E-state index contributed by atoms with van der Waals surface area (Å²) < 4.78 is 27.9. The number of nitrogen functional groups attached to an aromatic ring is 1. The summed E-state index contributed by atoms with van der Waals surface area (Å²) in [5.41, 5.74) is 5.87. The molecule has 0 unspecified atom stereocenters. The molecule has 0 spiro atoms. The van der Waals surface area contributed by atoms with Crippen LogP contribution in [0.15, 0.2) is 35.5 Å². The quantitative estimate of drug-likeness (QED) is 0.867. The van der Waals surface area contributed by atoms with E-state index in [4.69, 9.17) is 17.3 Å². The minimum Gasteiger partial charge on any atom is -0.398 e. The van der Waals surface area contributed by atoms with Crippen LogP contribution in [0.1, 0.15) is 5.82 Å². The lowest BCUT2D eigenvalue weighted by Crippen LogP contribution is -2.28. The normalized spacial score (nSPS) is 12.0. The standard InChI is InChI=1S/C12H15ClN4O2S/c1-16-6-5-15-12(16)8-17(2)20(18,19)11-4-3-9(13)7-10(11)14/h3-7H,8,14H2,1-2H3. The second-order valence-electron chi connectivity index (χ2n) is 4.40. The summed E-state index contributed by atoms with van der Waals surface area (Å²) in [5.74, 6) is 0.642. The number of benzene rings is 1. The molecule has 1 aromatic carbocycles. The molecule has 0 aliphatic carbocycles. The van der Waals surface area contributed by atoms with Crippen LogP contribution in [-0.4, -0.2) is 29.3 Å². The highest BCUT2D eigenvalue weighted by Gasteiger charge is 2.24. The number of rotatable bonds is 4. The highest BCUT2D eigenvalue weighted by atomic mass is 35.5. The molecule has 1 aromatic heterocycles. The smallest absolute Gasteiger partial charge is 0.245 e. The Labute approximate surface area is 122 Å². The molecule has 0 aliphatic heterocycles. The fourth-order valence-corrected chi connectivity index (χ4v) is 3.15. The van der Waals surface area contributed by atoms with Gasteiger partial charge in [0, 0.05) is 31.5 Å². The fraction of sp³-hybridized carbons (Fsp3) is 0.250. The maximum absolute atomic E-state index is 12.5. The van der Waals surface area contributed by atoms with Gasteiger partial charge in [-0.1, -0.05) is 11.6 Å². The Morgan fingerprint density at radius 2 is 2.15 bits per heavy atom. The molecule has 0 aliphatic rings. The van der Waals surface area contributed by atoms with E-state index in [1.54, 1.807) is 24.0 Å². The summed E-state index contributed by atoms with van der Waals surface area (Å²) in [6.07, 6.45) is 3.37. The zero-order chi connectivity index (χ0) is 14.9. The lowest BCUT2D eigenvalue weighted by Gasteiger charge is -2.18. The number of aromatic nitrogens is 2. The third-order valence-electron chi connectivity index (χ3n) is 2.95. The van der Waals surface area contributed by atoms with E-state index in [0.29, 0.717) is 10.8 Å². The maximum Gasteiger partial charge on any atom is 0.245 e. The molecule has 108 valence electrons. The third-order valence-corrected chi connectivity index (χ3v) is 5.06. The lowest BCUT2D eigenvalue weighted by atomic mass is 10.3. The largest absolute Gasteiger partial charge is 0.398 e. The second-order valence-corrected chi connectivity index (χ2v) is 6.85. The highest BCUT2D eigenvalue weighted by molar-refractivity contribution is 7.89. The van der Waals surface area contributed by atoms with Gasteiger partial charge in [0.25, 0.3) is 0 Å². The monoisotopic (exact) mass is 314 g/mol. The van der Waals surface area contributed by atoms with E-state index < -0.39 is 10.0 Å². The zero-order valence-corrected chi connectivity index (χ0v) is 12.7. The molecular weight excluding hydrogens is 300 g/mol. The van der Waals surface area contributed by atoms with Crippen molar-refractivity contribution in [2.75, 3.05) is 12.8 Å². The van der Waals surface area contributed by atoms with Gasteiger partial charge < -0.3 is 10.3 Å². The number of hydrogen-bond acceptors (Lipinski definition) is 4. The number of sulfonamides is 1. The minimum absolute atomic E-state index is 0.0404. The predicted octanol–water partition coefficient (Wildman–Crippen LogP) is 1.48. The molecule has 8 heteroatoms. The lowest BCUT2D eigenvalue weighted by molar-refractivity contribution is 0.451. The predicted molar refractivity (Wildman–Crippen MR) is 77.7 cm³/mol. The van der Waals surface area contributed by atoms with Crippen LogP contribution in [0.5, 0.6) is 0 Å². The van der Waals surface area contributed by atoms with Gasteiger partial charge in [0.1, 0.15) is 10.7 Å². The Balaban J connectivity index is 2.32. The summed E-state index contributed by atoms with van der Waals surface area (Å²) in [4.78, 5) is 4.14. The van der Waals surface area contributed by atoms with Crippen LogP contribution in [0, 0.1) is 0 Å². The van der Waals surface area contributed by atoms with Crippen LogP contribution < -0.4 is 5.73 Å². The van der Waals surface area contributed by atoms with E-state index in [1.165, 1.54) is 29.6 Å². The third kappa shape index (κ3) is 2.79. The van der Waals surface area contributed by atoms with Crippen LogP contribution in [-0.2, 0) is 23.6 Å². The maximum atomic E-state index is 12.5. The van der Waals surface area contributed by atoms with Gasteiger partial charge in [-0.2, -0.15) is 4.31 Å².